The van der Waals surface area contributed by atoms with Crippen molar-refractivity contribution in [3.63, 3.8) is 0 Å². The zero-order valence-electron chi connectivity index (χ0n) is 16.2. The minimum Gasteiger partial charge on any atom is -0.490 e. The summed E-state index contributed by atoms with van der Waals surface area (Å²) in [6.07, 6.45) is 0. The van der Waals surface area contributed by atoms with Gasteiger partial charge in [-0.25, -0.2) is 0 Å². The van der Waals surface area contributed by atoms with Gasteiger partial charge in [0.2, 0.25) is 0 Å². The summed E-state index contributed by atoms with van der Waals surface area (Å²) >= 11 is 9.89. The molecule has 0 fully saturated rings. The van der Waals surface area contributed by atoms with Gasteiger partial charge in [0, 0.05) is 15.7 Å². The Labute approximate surface area is 183 Å². The van der Waals surface area contributed by atoms with E-state index in [1.165, 1.54) is 0 Å². The molecule has 0 unspecified atom stereocenters. The lowest BCUT2D eigenvalue weighted by Crippen LogP contribution is -2.13. The first-order chi connectivity index (χ1) is 14.0. The molecule has 0 aliphatic rings. The van der Waals surface area contributed by atoms with Crippen molar-refractivity contribution in [2.75, 3.05) is 11.9 Å². The third-order valence-electron chi connectivity index (χ3n) is 4.21. The number of rotatable bonds is 7. The maximum Gasteiger partial charge on any atom is 0.255 e. The molecule has 4 nitrogen and oxygen atoms in total. The topological polar surface area (TPSA) is 47.6 Å². The van der Waals surface area contributed by atoms with E-state index in [-0.39, 0.29) is 5.91 Å². The van der Waals surface area contributed by atoms with Crippen molar-refractivity contribution in [2.45, 2.75) is 20.5 Å². The van der Waals surface area contributed by atoms with E-state index >= 15 is 0 Å². The molecule has 150 valence electrons. The standard InChI is InChI=1S/C23H21BrClNO3/c1-3-28-21-13-17(23(27)26-18-9-10-19(24)15(2)11-18)12-20(25)22(21)29-14-16-7-5-4-6-8-16/h4-13H,3,14H2,1-2H3,(H,26,27). The summed E-state index contributed by atoms with van der Waals surface area (Å²) in [6.45, 7) is 4.61. The van der Waals surface area contributed by atoms with Gasteiger partial charge in [-0.15, -0.1) is 0 Å². The number of carbonyl (C=O) groups excluding carboxylic acids is 1. The highest BCUT2D eigenvalue weighted by Gasteiger charge is 2.17. The van der Waals surface area contributed by atoms with Crippen LogP contribution in [-0.2, 0) is 6.61 Å². The monoisotopic (exact) mass is 473 g/mol. The fraction of sp³-hybridized carbons (Fsp3) is 0.174. The largest absolute Gasteiger partial charge is 0.490 e. The summed E-state index contributed by atoms with van der Waals surface area (Å²) in [5.74, 6) is 0.589. The number of carbonyl (C=O) groups is 1. The van der Waals surface area contributed by atoms with Gasteiger partial charge in [-0.2, -0.15) is 0 Å². The number of hydrogen-bond donors (Lipinski definition) is 1. The lowest BCUT2D eigenvalue weighted by Gasteiger charge is -2.15. The predicted molar refractivity (Wildman–Crippen MR) is 120 cm³/mol. The summed E-state index contributed by atoms with van der Waals surface area (Å²) in [5, 5.41) is 3.21. The summed E-state index contributed by atoms with van der Waals surface area (Å²) in [6, 6.07) is 18.6. The van der Waals surface area contributed by atoms with Gasteiger partial charge in [-0.3, -0.25) is 4.79 Å². The highest BCUT2D eigenvalue weighted by atomic mass is 79.9. The second-order valence-corrected chi connectivity index (χ2v) is 7.67. The molecule has 3 aromatic rings. The Bertz CT molecular complexity index is 1010. The molecule has 29 heavy (non-hydrogen) atoms. The van der Waals surface area contributed by atoms with E-state index in [9.17, 15) is 4.79 Å². The van der Waals surface area contributed by atoms with Gasteiger partial charge < -0.3 is 14.8 Å². The minimum absolute atomic E-state index is 0.274. The van der Waals surface area contributed by atoms with Gasteiger partial charge >= 0.3 is 0 Å². The average Bonchev–Trinajstić information content (AvgIpc) is 2.71. The third kappa shape index (κ3) is 5.52. The van der Waals surface area contributed by atoms with Crippen LogP contribution in [-0.4, -0.2) is 12.5 Å². The second-order valence-electron chi connectivity index (χ2n) is 6.41. The Balaban J connectivity index is 1.82. The molecule has 1 N–H and O–H groups in total. The van der Waals surface area contributed by atoms with Crippen LogP contribution in [0, 0.1) is 6.92 Å². The first kappa shape index (κ1) is 21.2. The van der Waals surface area contributed by atoms with Crippen LogP contribution < -0.4 is 14.8 Å². The number of halogens is 2. The maximum atomic E-state index is 12.7. The molecule has 0 saturated carbocycles. The van der Waals surface area contributed by atoms with Crippen LogP contribution in [0.2, 0.25) is 5.02 Å². The molecule has 0 bridgehead atoms. The number of amides is 1. The van der Waals surface area contributed by atoms with Crippen LogP contribution >= 0.6 is 27.5 Å². The van der Waals surface area contributed by atoms with E-state index in [2.05, 4.69) is 21.2 Å². The Kier molecular flexibility index (Phi) is 7.18. The van der Waals surface area contributed by atoms with E-state index in [0.29, 0.717) is 41.0 Å². The predicted octanol–water partition coefficient (Wildman–Crippen LogP) is 6.64. The molecular weight excluding hydrogens is 454 g/mol. The lowest BCUT2D eigenvalue weighted by atomic mass is 10.1. The first-order valence-corrected chi connectivity index (χ1v) is 10.4. The third-order valence-corrected chi connectivity index (χ3v) is 5.38. The summed E-state index contributed by atoms with van der Waals surface area (Å²) in [4.78, 5) is 12.7. The van der Waals surface area contributed by atoms with Crippen molar-refractivity contribution in [1.29, 1.82) is 0 Å². The van der Waals surface area contributed by atoms with E-state index in [0.717, 1.165) is 15.6 Å². The second kappa shape index (κ2) is 9.81. The molecule has 3 aromatic carbocycles. The molecule has 0 heterocycles. The Morgan fingerprint density at radius 3 is 2.52 bits per heavy atom. The van der Waals surface area contributed by atoms with Gasteiger partial charge in [0.05, 0.1) is 11.6 Å². The van der Waals surface area contributed by atoms with Crippen LogP contribution in [0.5, 0.6) is 11.5 Å². The van der Waals surface area contributed by atoms with E-state index in [1.54, 1.807) is 12.1 Å². The van der Waals surface area contributed by atoms with Crippen molar-refractivity contribution < 1.29 is 14.3 Å². The van der Waals surface area contributed by atoms with E-state index in [1.807, 2.05) is 62.4 Å². The molecule has 3 rings (SSSR count). The quantitative estimate of drug-likeness (QED) is 0.417. The van der Waals surface area contributed by atoms with Crippen LogP contribution in [0.15, 0.2) is 65.1 Å². The summed E-state index contributed by atoms with van der Waals surface area (Å²) in [7, 11) is 0. The van der Waals surface area contributed by atoms with Crippen molar-refractivity contribution in [3.8, 4) is 11.5 Å². The van der Waals surface area contributed by atoms with Crippen molar-refractivity contribution in [3.05, 3.63) is 86.8 Å². The normalized spacial score (nSPS) is 10.5. The molecule has 1 amide bonds. The Morgan fingerprint density at radius 2 is 1.83 bits per heavy atom. The van der Waals surface area contributed by atoms with Crippen molar-refractivity contribution in [2.24, 2.45) is 0 Å². The number of ether oxygens (including phenoxy) is 2. The molecule has 6 heteroatoms. The molecule has 0 atom stereocenters. The van der Waals surface area contributed by atoms with Gasteiger partial charge in [0.25, 0.3) is 5.91 Å². The van der Waals surface area contributed by atoms with Crippen molar-refractivity contribution in [1.82, 2.24) is 0 Å². The average molecular weight is 475 g/mol. The molecular formula is C23H21BrClNO3. The number of anilines is 1. The SMILES string of the molecule is CCOc1cc(C(=O)Nc2ccc(Br)c(C)c2)cc(Cl)c1OCc1ccccc1. The molecule has 0 aliphatic carbocycles. The van der Waals surface area contributed by atoms with E-state index in [4.69, 9.17) is 21.1 Å². The van der Waals surface area contributed by atoms with Crippen molar-refractivity contribution >= 4 is 39.1 Å². The molecule has 0 spiro atoms. The fourth-order valence-electron chi connectivity index (χ4n) is 2.76. The minimum atomic E-state index is -0.274. The molecule has 0 aromatic heterocycles. The molecule has 0 radical (unpaired) electrons. The maximum absolute atomic E-state index is 12.7. The fourth-order valence-corrected chi connectivity index (χ4v) is 3.27. The van der Waals surface area contributed by atoms with Gasteiger partial charge in [-0.1, -0.05) is 57.9 Å². The summed E-state index contributed by atoms with van der Waals surface area (Å²) in [5.41, 5.74) is 3.14. The summed E-state index contributed by atoms with van der Waals surface area (Å²) < 4.78 is 12.6. The number of nitrogens with one attached hydrogen (secondary N) is 1. The van der Waals surface area contributed by atoms with Crippen LogP contribution in [0.1, 0.15) is 28.4 Å². The highest BCUT2D eigenvalue weighted by molar-refractivity contribution is 9.10. The lowest BCUT2D eigenvalue weighted by molar-refractivity contribution is 0.102. The van der Waals surface area contributed by atoms with Crippen LogP contribution in [0.4, 0.5) is 5.69 Å². The number of benzene rings is 3. The zero-order valence-corrected chi connectivity index (χ0v) is 18.5. The number of aryl methyl sites for hydroxylation is 1. The Hall–Kier alpha value is -2.50. The van der Waals surface area contributed by atoms with Gasteiger partial charge in [0.1, 0.15) is 6.61 Å². The molecule has 0 aliphatic heterocycles. The first-order valence-electron chi connectivity index (χ1n) is 9.18. The molecule has 0 saturated heterocycles. The van der Waals surface area contributed by atoms with Crippen LogP contribution in [0.25, 0.3) is 0 Å². The number of hydrogen-bond acceptors (Lipinski definition) is 3. The highest BCUT2D eigenvalue weighted by Crippen LogP contribution is 2.37. The van der Waals surface area contributed by atoms with Gasteiger partial charge in [0.15, 0.2) is 11.5 Å². The van der Waals surface area contributed by atoms with E-state index < -0.39 is 0 Å². The Morgan fingerprint density at radius 1 is 1.07 bits per heavy atom. The van der Waals surface area contributed by atoms with Gasteiger partial charge in [-0.05, 0) is 55.3 Å². The van der Waals surface area contributed by atoms with Crippen LogP contribution in [0.3, 0.4) is 0 Å². The smallest absolute Gasteiger partial charge is 0.255 e. The zero-order chi connectivity index (χ0) is 20.8.